The highest BCUT2D eigenvalue weighted by molar-refractivity contribution is 4.20. The highest BCUT2D eigenvalue weighted by atomic mass is 16.3. The van der Waals surface area contributed by atoms with Crippen LogP contribution in [-0.2, 0) is 0 Å². The second-order valence-electron chi connectivity index (χ2n) is 1.09. The number of rotatable bonds is 0. The van der Waals surface area contributed by atoms with Gasteiger partial charge in [0, 0.05) is 6.10 Å². The van der Waals surface area contributed by atoms with Gasteiger partial charge in [-0.15, -0.1) is 0 Å². The summed E-state index contributed by atoms with van der Waals surface area (Å²) in [6, 6.07) is 0. The average Bonchev–Trinajstić information content (AvgIpc) is 0.811. The van der Waals surface area contributed by atoms with Crippen LogP contribution in [0.2, 0.25) is 0 Å². The Balaban J connectivity index is 0. The molecule has 0 bridgehead atoms. The van der Waals surface area contributed by atoms with Gasteiger partial charge in [0.15, 0.2) is 0 Å². The highest BCUT2D eigenvalue weighted by Crippen LogP contribution is 1.65. The van der Waals surface area contributed by atoms with Gasteiger partial charge in [-0.25, -0.2) is 0 Å². The molecule has 0 saturated carbocycles. The van der Waals surface area contributed by atoms with Gasteiger partial charge in [0.2, 0.25) is 0 Å². The van der Waals surface area contributed by atoms with E-state index < -0.39 is 0 Å². The van der Waals surface area contributed by atoms with Crippen LogP contribution in [0.1, 0.15) is 13.8 Å². The molecule has 0 aliphatic heterocycles. The maximum absolute atomic E-state index is 8.06. The van der Waals surface area contributed by atoms with Crippen molar-refractivity contribution in [1.82, 2.24) is 0 Å². The first-order valence-electron chi connectivity index (χ1n) is 1.41. The van der Waals surface area contributed by atoms with E-state index in [0.29, 0.717) is 0 Å². The van der Waals surface area contributed by atoms with Gasteiger partial charge >= 0.3 is 0 Å². The van der Waals surface area contributed by atoms with Gasteiger partial charge in [-0.2, -0.15) is 0 Å². The third-order valence-corrected chi connectivity index (χ3v) is 0. The molecule has 0 atom stereocenters. The number of hydrogen-bond donors (Lipinski definition) is 1. The first-order chi connectivity index (χ1) is 1.73. The van der Waals surface area contributed by atoms with Gasteiger partial charge in [-0.05, 0) is 13.8 Å². The van der Waals surface area contributed by atoms with Crippen LogP contribution >= 0.6 is 0 Å². The summed E-state index contributed by atoms with van der Waals surface area (Å²) in [7, 11) is 0. The number of aliphatic hydroxyl groups is 1. The molecule has 0 aliphatic carbocycles. The fourth-order valence-electron chi connectivity index (χ4n) is 0. The second kappa shape index (κ2) is 3.96. The molecule has 0 fully saturated rings. The van der Waals surface area contributed by atoms with Crippen LogP contribution in [0.3, 0.4) is 0 Å². The molecule has 0 amide bonds. The summed E-state index contributed by atoms with van der Waals surface area (Å²) in [6.45, 7) is 3.44. The minimum atomic E-state index is -0.167. The molecule has 0 aromatic heterocycles. The standard InChI is InChI=1S/C3H8O.CH3/c1-3(2)4;/h3-4H,1-2H3;1H3. The van der Waals surface area contributed by atoms with Gasteiger partial charge in [0.25, 0.3) is 0 Å². The Morgan fingerprint density at radius 1 is 1.40 bits per heavy atom. The van der Waals surface area contributed by atoms with E-state index in [9.17, 15) is 0 Å². The molecule has 5 heavy (non-hydrogen) atoms. The quantitative estimate of drug-likeness (QED) is 0.452. The summed E-state index contributed by atoms with van der Waals surface area (Å²) in [5, 5.41) is 8.06. The predicted molar refractivity (Wildman–Crippen MR) is 23.8 cm³/mol. The van der Waals surface area contributed by atoms with Crippen molar-refractivity contribution in [2.75, 3.05) is 0 Å². The van der Waals surface area contributed by atoms with Crippen LogP contribution in [0.4, 0.5) is 0 Å². The van der Waals surface area contributed by atoms with Crippen LogP contribution in [0.5, 0.6) is 0 Å². The molecule has 1 N–H and O–H groups in total. The molecule has 33 valence electrons. The third-order valence-electron chi connectivity index (χ3n) is 0. The van der Waals surface area contributed by atoms with Gasteiger partial charge in [0.05, 0.1) is 0 Å². The lowest BCUT2D eigenvalue weighted by atomic mass is 10.5. The minimum absolute atomic E-state index is 0. The van der Waals surface area contributed by atoms with E-state index in [4.69, 9.17) is 5.11 Å². The Morgan fingerprint density at radius 3 is 1.40 bits per heavy atom. The molecule has 0 heterocycles. The molecule has 0 aliphatic rings. The molecule has 1 heteroatoms. The molecule has 0 spiro atoms. The predicted octanol–water partition coefficient (Wildman–Crippen LogP) is 0.837. The second-order valence-corrected chi connectivity index (χ2v) is 1.09. The van der Waals surface area contributed by atoms with E-state index in [-0.39, 0.29) is 13.5 Å². The van der Waals surface area contributed by atoms with Crippen molar-refractivity contribution in [1.29, 1.82) is 0 Å². The molecular weight excluding hydrogens is 64.0 g/mol. The first kappa shape index (κ1) is 8.88. The van der Waals surface area contributed by atoms with Crippen molar-refractivity contribution >= 4 is 0 Å². The SMILES string of the molecule is CC(C)O.[CH3]. The normalized spacial score (nSPS) is 7.20. The lowest BCUT2D eigenvalue weighted by Crippen LogP contribution is -1.85. The van der Waals surface area contributed by atoms with Gasteiger partial charge < -0.3 is 5.11 Å². The lowest BCUT2D eigenvalue weighted by molar-refractivity contribution is 0.216. The van der Waals surface area contributed by atoms with E-state index in [1.165, 1.54) is 0 Å². The molecule has 0 saturated heterocycles. The Kier molecular flexibility index (Phi) is 7.03. The van der Waals surface area contributed by atoms with E-state index >= 15 is 0 Å². The monoisotopic (exact) mass is 75.1 g/mol. The Morgan fingerprint density at radius 2 is 1.40 bits per heavy atom. The topological polar surface area (TPSA) is 20.2 Å². The Bertz CT molecular complexity index is 8.36. The van der Waals surface area contributed by atoms with Gasteiger partial charge in [-0.1, -0.05) is 7.43 Å². The molecular formula is C4H11O. The van der Waals surface area contributed by atoms with Crippen molar-refractivity contribution in [2.45, 2.75) is 20.0 Å². The minimum Gasteiger partial charge on any atom is -0.394 e. The highest BCUT2D eigenvalue weighted by Gasteiger charge is 1.69. The fraction of sp³-hybridized carbons (Fsp3) is 0.750. The van der Waals surface area contributed by atoms with E-state index in [1.54, 1.807) is 13.8 Å². The molecule has 0 rings (SSSR count). The summed E-state index contributed by atoms with van der Waals surface area (Å²) in [6.07, 6.45) is -0.167. The zero-order chi connectivity index (χ0) is 3.58. The van der Waals surface area contributed by atoms with Crippen LogP contribution in [0.15, 0.2) is 0 Å². The van der Waals surface area contributed by atoms with E-state index in [0.717, 1.165) is 0 Å². The molecule has 0 aromatic carbocycles. The number of hydrogen-bond acceptors (Lipinski definition) is 1. The summed E-state index contributed by atoms with van der Waals surface area (Å²) < 4.78 is 0. The van der Waals surface area contributed by atoms with E-state index in [2.05, 4.69) is 0 Å². The lowest BCUT2D eigenvalue weighted by Gasteiger charge is -1.80. The van der Waals surface area contributed by atoms with Crippen molar-refractivity contribution < 1.29 is 5.11 Å². The summed E-state index contributed by atoms with van der Waals surface area (Å²) in [5.74, 6) is 0. The molecule has 1 radical (unpaired) electrons. The number of aliphatic hydroxyl groups excluding tert-OH is 1. The Hall–Kier alpha value is -0.0400. The maximum Gasteiger partial charge on any atom is 0.0483 e. The van der Waals surface area contributed by atoms with Crippen LogP contribution < -0.4 is 0 Å². The van der Waals surface area contributed by atoms with E-state index in [1.807, 2.05) is 0 Å². The smallest absolute Gasteiger partial charge is 0.0483 e. The van der Waals surface area contributed by atoms with Gasteiger partial charge in [-0.3, -0.25) is 0 Å². The van der Waals surface area contributed by atoms with Crippen molar-refractivity contribution in [3.8, 4) is 0 Å². The fourth-order valence-corrected chi connectivity index (χ4v) is 0. The zero-order valence-corrected chi connectivity index (χ0v) is 4.02. The molecule has 1 nitrogen and oxygen atoms in total. The summed E-state index contributed by atoms with van der Waals surface area (Å²) >= 11 is 0. The summed E-state index contributed by atoms with van der Waals surface area (Å²) in [5.41, 5.74) is 0. The van der Waals surface area contributed by atoms with Crippen LogP contribution in [0, 0.1) is 7.43 Å². The first-order valence-corrected chi connectivity index (χ1v) is 1.41. The summed E-state index contributed by atoms with van der Waals surface area (Å²) in [4.78, 5) is 0. The molecule has 0 unspecified atom stereocenters. The van der Waals surface area contributed by atoms with Crippen LogP contribution in [0.25, 0.3) is 0 Å². The zero-order valence-electron chi connectivity index (χ0n) is 4.02. The van der Waals surface area contributed by atoms with Crippen LogP contribution in [-0.4, -0.2) is 11.2 Å². The van der Waals surface area contributed by atoms with Crippen molar-refractivity contribution in [2.24, 2.45) is 0 Å². The molecule has 0 aromatic rings. The third kappa shape index (κ3) is 9510. The van der Waals surface area contributed by atoms with Crippen molar-refractivity contribution in [3.63, 3.8) is 0 Å². The maximum atomic E-state index is 8.06. The largest absolute Gasteiger partial charge is 0.394 e. The van der Waals surface area contributed by atoms with Gasteiger partial charge in [0.1, 0.15) is 0 Å². The average molecular weight is 75.1 g/mol. The Labute approximate surface area is 33.6 Å². The van der Waals surface area contributed by atoms with Crippen molar-refractivity contribution in [3.05, 3.63) is 7.43 Å².